The third kappa shape index (κ3) is 1.76. The van der Waals surface area contributed by atoms with Gasteiger partial charge >= 0.3 is 0 Å². The molecule has 1 aliphatic heterocycles. The maximum Gasteiger partial charge on any atom is 0.169 e. The van der Waals surface area contributed by atoms with Crippen molar-refractivity contribution in [3.8, 4) is 10.4 Å². The first-order chi connectivity index (χ1) is 8.25. The van der Waals surface area contributed by atoms with Gasteiger partial charge in [-0.1, -0.05) is 18.2 Å². The van der Waals surface area contributed by atoms with Gasteiger partial charge in [0.2, 0.25) is 0 Å². The summed E-state index contributed by atoms with van der Waals surface area (Å²) in [6.45, 7) is 2.56. The number of Topliss-reactive ketones (excluding diaryl/α,β-unsaturated/α-hetero) is 1. The SMILES string of the molecule is CC(=O)c1cc2c(s1)-c1ccccc1NCC2. The second-order valence-electron chi connectivity index (χ2n) is 4.24. The van der Waals surface area contributed by atoms with E-state index in [0.717, 1.165) is 17.8 Å². The molecule has 2 aromatic rings. The Morgan fingerprint density at radius 2 is 2.18 bits per heavy atom. The minimum absolute atomic E-state index is 0.161. The number of fused-ring (bicyclic) bond motifs is 3. The maximum atomic E-state index is 11.5. The molecule has 0 saturated carbocycles. The van der Waals surface area contributed by atoms with Crippen LogP contribution in [0.5, 0.6) is 0 Å². The number of benzene rings is 1. The zero-order chi connectivity index (χ0) is 11.8. The predicted molar refractivity (Wildman–Crippen MR) is 72.0 cm³/mol. The molecule has 1 aromatic carbocycles. The number of carbonyl (C=O) groups is 1. The lowest BCUT2D eigenvalue weighted by molar-refractivity contribution is 0.102. The summed E-state index contributed by atoms with van der Waals surface area (Å²) in [5, 5.41) is 3.43. The molecule has 86 valence electrons. The summed E-state index contributed by atoms with van der Waals surface area (Å²) in [7, 11) is 0. The largest absolute Gasteiger partial charge is 0.384 e. The predicted octanol–water partition coefficient (Wildman–Crippen LogP) is 3.59. The topological polar surface area (TPSA) is 29.1 Å². The molecular weight excluding hydrogens is 230 g/mol. The second kappa shape index (κ2) is 4.00. The summed E-state index contributed by atoms with van der Waals surface area (Å²) in [6.07, 6.45) is 0.980. The summed E-state index contributed by atoms with van der Waals surface area (Å²) in [6, 6.07) is 10.3. The monoisotopic (exact) mass is 243 g/mol. The normalized spacial score (nSPS) is 13.2. The minimum Gasteiger partial charge on any atom is -0.384 e. The van der Waals surface area contributed by atoms with Gasteiger partial charge in [-0.3, -0.25) is 4.79 Å². The van der Waals surface area contributed by atoms with Crippen LogP contribution in [0, 0.1) is 0 Å². The van der Waals surface area contributed by atoms with Crippen LogP contribution in [0.15, 0.2) is 30.3 Å². The number of para-hydroxylation sites is 1. The van der Waals surface area contributed by atoms with Crippen LogP contribution in [0.1, 0.15) is 22.2 Å². The van der Waals surface area contributed by atoms with Gasteiger partial charge in [0.05, 0.1) is 4.88 Å². The van der Waals surface area contributed by atoms with Gasteiger partial charge in [0, 0.05) is 22.7 Å². The van der Waals surface area contributed by atoms with Crippen LogP contribution in [0.4, 0.5) is 5.69 Å². The van der Waals surface area contributed by atoms with Crippen molar-refractivity contribution in [1.82, 2.24) is 0 Å². The number of carbonyl (C=O) groups excluding carboxylic acids is 1. The quantitative estimate of drug-likeness (QED) is 0.775. The van der Waals surface area contributed by atoms with E-state index in [2.05, 4.69) is 17.4 Å². The molecule has 3 heteroatoms. The summed E-state index contributed by atoms with van der Waals surface area (Å²) < 4.78 is 0. The first kappa shape index (κ1) is 10.5. The third-order valence-corrected chi connectivity index (χ3v) is 4.35. The Hall–Kier alpha value is -1.61. The Bertz CT molecular complexity index is 586. The van der Waals surface area contributed by atoms with Crippen LogP contribution in [0.3, 0.4) is 0 Å². The summed E-state index contributed by atoms with van der Waals surface area (Å²) in [4.78, 5) is 13.6. The van der Waals surface area contributed by atoms with E-state index < -0.39 is 0 Å². The van der Waals surface area contributed by atoms with Crippen molar-refractivity contribution in [3.05, 3.63) is 40.8 Å². The maximum absolute atomic E-state index is 11.5. The van der Waals surface area contributed by atoms with Crippen molar-refractivity contribution < 1.29 is 4.79 Å². The molecule has 1 aliphatic rings. The van der Waals surface area contributed by atoms with Gasteiger partial charge in [0.25, 0.3) is 0 Å². The Kier molecular flexibility index (Phi) is 2.48. The lowest BCUT2D eigenvalue weighted by atomic mass is 10.1. The molecule has 0 bridgehead atoms. The van der Waals surface area contributed by atoms with Gasteiger partial charge in [-0.15, -0.1) is 11.3 Å². The fourth-order valence-electron chi connectivity index (χ4n) is 2.18. The minimum atomic E-state index is 0.161. The summed E-state index contributed by atoms with van der Waals surface area (Å²) in [5.74, 6) is 0.161. The van der Waals surface area contributed by atoms with E-state index in [4.69, 9.17) is 0 Å². The Balaban J connectivity index is 2.21. The van der Waals surface area contributed by atoms with Crippen molar-refractivity contribution in [1.29, 1.82) is 0 Å². The molecule has 3 rings (SSSR count). The van der Waals surface area contributed by atoms with Gasteiger partial charge in [0.15, 0.2) is 5.78 Å². The lowest BCUT2D eigenvalue weighted by Gasteiger charge is -2.06. The van der Waals surface area contributed by atoms with Crippen LogP contribution in [-0.4, -0.2) is 12.3 Å². The van der Waals surface area contributed by atoms with Crippen LogP contribution in [-0.2, 0) is 6.42 Å². The number of nitrogens with one attached hydrogen (secondary N) is 1. The van der Waals surface area contributed by atoms with Crippen molar-refractivity contribution in [2.75, 3.05) is 11.9 Å². The van der Waals surface area contributed by atoms with Gasteiger partial charge in [0.1, 0.15) is 0 Å². The van der Waals surface area contributed by atoms with Crippen molar-refractivity contribution >= 4 is 22.8 Å². The van der Waals surface area contributed by atoms with Crippen LogP contribution < -0.4 is 5.32 Å². The average molecular weight is 243 g/mol. The number of hydrogen-bond acceptors (Lipinski definition) is 3. The molecule has 0 saturated heterocycles. The number of ketones is 1. The van der Waals surface area contributed by atoms with E-state index in [9.17, 15) is 4.79 Å². The van der Waals surface area contributed by atoms with Crippen molar-refractivity contribution in [2.45, 2.75) is 13.3 Å². The molecule has 2 nitrogen and oxygen atoms in total. The van der Waals surface area contributed by atoms with Gasteiger partial charge in [-0.2, -0.15) is 0 Å². The molecule has 0 fully saturated rings. The molecule has 0 spiro atoms. The molecule has 0 unspecified atom stereocenters. The fourth-order valence-corrected chi connectivity index (χ4v) is 3.33. The second-order valence-corrected chi connectivity index (χ2v) is 5.30. The number of anilines is 1. The number of hydrogen-bond donors (Lipinski definition) is 1. The number of rotatable bonds is 1. The molecule has 2 heterocycles. The van der Waals surface area contributed by atoms with E-state index in [1.807, 2.05) is 18.2 Å². The number of thiophene rings is 1. The standard InChI is InChI=1S/C14H13NOS/c1-9(16)13-8-10-6-7-15-12-5-3-2-4-11(12)14(10)17-13/h2-5,8,15H,6-7H2,1H3. The first-order valence-electron chi connectivity index (χ1n) is 5.72. The molecule has 1 aromatic heterocycles. The van der Waals surface area contributed by atoms with E-state index >= 15 is 0 Å². The average Bonchev–Trinajstić information content (AvgIpc) is 2.67. The molecule has 0 radical (unpaired) electrons. The Labute approximate surface area is 104 Å². The van der Waals surface area contributed by atoms with E-state index in [0.29, 0.717) is 0 Å². The zero-order valence-electron chi connectivity index (χ0n) is 9.62. The highest BCUT2D eigenvalue weighted by Gasteiger charge is 2.18. The first-order valence-corrected chi connectivity index (χ1v) is 6.54. The van der Waals surface area contributed by atoms with Crippen LogP contribution in [0.25, 0.3) is 10.4 Å². The smallest absolute Gasteiger partial charge is 0.169 e. The molecule has 1 N–H and O–H groups in total. The van der Waals surface area contributed by atoms with E-state index in [1.54, 1.807) is 18.3 Å². The highest BCUT2D eigenvalue weighted by atomic mass is 32.1. The highest BCUT2D eigenvalue weighted by Crippen LogP contribution is 2.39. The van der Waals surface area contributed by atoms with Crippen LogP contribution >= 0.6 is 11.3 Å². The molecule has 0 amide bonds. The van der Waals surface area contributed by atoms with Crippen molar-refractivity contribution in [3.63, 3.8) is 0 Å². The molecule has 0 atom stereocenters. The molecule has 17 heavy (non-hydrogen) atoms. The van der Waals surface area contributed by atoms with E-state index in [-0.39, 0.29) is 5.78 Å². The summed E-state index contributed by atoms with van der Waals surface area (Å²) in [5.41, 5.74) is 3.68. The van der Waals surface area contributed by atoms with Gasteiger partial charge in [-0.25, -0.2) is 0 Å². The Morgan fingerprint density at radius 3 is 3.00 bits per heavy atom. The van der Waals surface area contributed by atoms with Crippen molar-refractivity contribution in [2.24, 2.45) is 0 Å². The highest BCUT2D eigenvalue weighted by molar-refractivity contribution is 7.17. The molecule has 0 aliphatic carbocycles. The van der Waals surface area contributed by atoms with E-state index in [1.165, 1.54) is 21.7 Å². The molecular formula is C14H13NOS. The van der Waals surface area contributed by atoms with Crippen LogP contribution in [0.2, 0.25) is 0 Å². The van der Waals surface area contributed by atoms with Gasteiger partial charge < -0.3 is 5.32 Å². The van der Waals surface area contributed by atoms with Gasteiger partial charge in [-0.05, 0) is 31.0 Å². The third-order valence-electron chi connectivity index (χ3n) is 3.04. The summed E-state index contributed by atoms with van der Waals surface area (Å²) >= 11 is 1.61. The fraction of sp³-hybridized carbons (Fsp3) is 0.214. The lowest BCUT2D eigenvalue weighted by Crippen LogP contribution is -2.02. The zero-order valence-corrected chi connectivity index (χ0v) is 10.4. The Morgan fingerprint density at radius 1 is 1.35 bits per heavy atom.